The number of hydrogen-bond donors (Lipinski definition) is 1. The van der Waals surface area contributed by atoms with E-state index < -0.39 is 22.0 Å². The molecule has 1 fully saturated rings. The van der Waals surface area contributed by atoms with Crippen LogP contribution in [0.5, 0.6) is 0 Å². The number of para-hydroxylation sites is 1. The maximum atomic E-state index is 12.9. The van der Waals surface area contributed by atoms with Gasteiger partial charge in [0.1, 0.15) is 10.9 Å². The molecular formula is C14H13ClN2O4S. The number of carboxylic acid groups (broad SMARTS) is 1. The minimum Gasteiger partial charge on any atom is -0.480 e. The average Bonchev–Trinajstić information content (AvgIpc) is 2.97. The average molecular weight is 341 g/mol. The van der Waals surface area contributed by atoms with Gasteiger partial charge in [0.15, 0.2) is 0 Å². The first kappa shape index (κ1) is 15.2. The Morgan fingerprint density at radius 3 is 2.86 bits per heavy atom. The van der Waals surface area contributed by atoms with Crippen molar-refractivity contribution in [3.8, 4) is 0 Å². The van der Waals surface area contributed by atoms with Crippen molar-refractivity contribution >= 4 is 38.5 Å². The molecule has 116 valence electrons. The third-order valence-corrected chi connectivity index (χ3v) is 6.03. The van der Waals surface area contributed by atoms with Crippen molar-refractivity contribution in [2.45, 2.75) is 23.8 Å². The van der Waals surface area contributed by atoms with Gasteiger partial charge in [0.05, 0.1) is 10.5 Å². The fourth-order valence-electron chi connectivity index (χ4n) is 2.72. The molecule has 1 aromatic heterocycles. The second-order valence-corrected chi connectivity index (χ2v) is 7.32. The Morgan fingerprint density at radius 1 is 1.36 bits per heavy atom. The van der Waals surface area contributed by atoms with Crippen molar-refractivity contribution in [3.63, 3.8) is 0 Å². The van der Waals surface area contributed by atoms with Gasteiger partial charge in [-0.3, -0.25) is 9.78 Å². The first-order chi connectivity index (χ1) is 10.4. The van der Waals surface area contributed by atoms with E-state index in [1.165, 1.54) is 12.3 Å². The number of halogens is 1. The number of sulfonamides is 1. The summed E-state index contributed by atoms with van der Waals surface area (Å²) in [5.74, 6) is -1.13. The minimum atomic E-state index is -3.94. The van der Waals surface area contributed by atoms with Gasteiger partial charge in [-0.15, -0.1) is 0 Å². The third kappa shape index (κ3) is 2.35. The molecule has 0 unspecified atom stereocenters. The van der Waals surface area contributed by atoms with Crippen LogP contribution in [0.15, 0.2) is 35.4 Å². The second kappa shape index (κ2) is 5.49. The SMILES string of the molecule is O=C(O)[C@H]1CCCN1S(=O)(=O)c1cccc2c(Cl)ccnc12. The number of carboxylic acids is 1. The van der Waals surface area contributed by atoms with Crippen LogP contribution in [0, 0.1) is 0 Å². The zero-order chi connectivity index (χ0) is 15.9. The molecule has 1 aliphatic rings. The van der Waals surface area contributed by atoms with Crippen LogP contribution in [0.1, 0.15) is 12.8 Å². The first-order valence-corrected chi connectivity index (χ1v) is 8.52. The second-order valence-electron chi connectivity index (χ2n) is 5.06. The van der Waals surface area contributed by atoms with Crippen LogP contribution < -0.4 is 0 Å². The lowest BCUT2D eigenvalue weighted by molar-refractivity contribution is -0.140. The number of aliphatic carboxylic acids is 1. The number of fused-ring (bicyclic) bond motifs is 1. The number of benzene rings is 1. The summed E-state index contributed by atoms with van der Waals surface area (Å²) in [4.78, 5) is 15.4. The quantitative estimate of drug-likeness (QED) is 0.924. The molecule has 6 nitrogen and oxygen atoms in total. The monoisotopic (exact) mass is 340 g/mol. The maximum absolute atomic E-state index is 12.9. The normalized spacial score (nSPS) is 19.6. The van der Waals surface area contributed by atoms with Gasteiger partial charge in [0.25, 0.3) is 0 Å². The molecule has 0 saturated carbocycles. The summed E-state index contributed by atoms with van der Waals surface area (Å²) in [6.07, 6.45) is 2.27. The van der Waals surface area contributed by atoms with Crippen LogP contribution in [-0.4, -0.2) is 41.4 Å². The molecule has 0 amide bonds. The molecule has 0 bridgehead atoms. The highest BCUT2D eigenvalue weighted by atomic mass is 35.5. The van der Waals surface area contributed by atoms with Gasteiger partial charge in [-0.2, -0.15) is 4.31 Å². The van der Waals surface area contributed by atoms with E-state index in [0.29, 0.717) is 23.3 Å². The predicted molar refractivity (Wildman–Crippen MR) is 81.3 cm³/mol. The third-order valence-electron chi connectivity index (χ3n) is 3.76. The number of pyridine rings is 1. The van der Waals surface area contributed by atoms with Gasteiger partial charge in [0, 0.05) is 18.1 Å². The molecule has 0 aliphatic carbocycles. The van der Waals surface area contributed by atoms with E-state index >= 15 is 0 Å². The standard InChI is InChI=1S/C14H13ClN2O4S/c15-10-6-7-16-13-9(10)3-1-5-12(13)22(20,21)17-8-2-4-11(17)14(18)19/h1,3,5-7,11H,2,4,8H2,(H,18,19)/t11-/m1/s1. The lowest BCUT2D eigenvalue weighted by atomic mass is 10.2. The Labute approximate surface area is 132 Å². The van der Waals surface area contributed by atoms with Gasteiger partial charge >= 0.3 is 5.97 Å². The summed E-state index contributed by atoms with van der Waals surface area (Å²) in [6, 6.07) is 5.24. The van der Waals surface area contributed by atoms with Gasteiger partial charge in [0.2, 0.25) is 10.0 Å². The van der Waals surface area contributed by atoms with Gasteiger partial charge in [-0.05, 0) is 25.0 Å². The van der Waals surface area contributed by atoms with Crippen molar-refractivity contribution in [1.82, 2.24) is 9.29 Å². The van der Waals surface area contributed by atoms with E-state index in [0.717, 1.165) is 4.31 Å². The Morgan fingerprint density at radius 2 is 2.14 bits per heavy atom. The lowest BCUT2D eigenvalue weighted by Gasteiger charge is -2.21. The molecule has 3 rings (SSSR count). The highest BCUT2D eigenvalue weighted by Gasteiger charge is 2.40. The summed E-state index contributed by atoms with van der Waals surface area (Å²) in [5, 5.41) is 10.1. The van der Waals surface area contributed by atoms with Gasteiger partial charge in [-0.25, -0.2) is 8.42 Å². The molecule has 2 aromatic rings. The zero-order valence-corrected chi connectivity index (χ0v) is 13.0. The van der Waals surface area contributed by atoms with Crippen LogP contribution in [-0.2, 0) is 14.8 Å². The molecule has 1 atom stereocenters. The number of rotatable bonds is 3. The summed E-state index contributed by atoms with van der Waals surface area (Å²) in [7, 11) is -3.94. The molecule has 1 saturated heterocycles. The summed E-state index contributed by atoms with van der Waals surface area (Å²) in [5.41, 5.74) is 0.256. The Bertz CT molecular complexity index is 853. The highest BCUT2D eigenvalue weighted by molar-refractivity contribution is 7.89. The molecular weight excluding hydrogens is 328 g/mol. The van der Waals surface area contributed by atoms with Crippen molar-refractivity contribution in [2.24, 2.45) is 0 Å². The van der Waals surface area contributed by atoms with E-state index in [1.54, 1.807) is 18.2 Å². The van der Waals surface area contributed by atoms with Crippen molar-refractivity contribution in [1.29, 1.82) is 0 Å². The number of nitrogens with zero attached hydrogens (tertiary/aromatic N) is 2. The highest BCUT2D eigenvalue weighted by Crippen LogP contribution is 2.31. The van der Waals surface area contributed by atoms with Crippen molar-refractivity contribution in [2.75, 3.05) is 6.54 Å². The predicted octanol–water partition coefficient (Wildman–Crippen LogP) is 2.13. The van der Waals surface area contributed by atoms with E-state index in [1.807, 2.05) is 0 Å². The Kier molecular flexibility index (Phi) is 3.80. The summed E-state index contributed by atoms with van der Waals surface area (Å²) < 4.78 is 26.7. The van der Waals surface area contributed by atoms with Crippen LogP contribution in [0.4, 0.5) is 0 Å². The lowest BCUT2D eigenvalue weighted by Crippen LogP contribution is -2.40. The van der Waals surface area contributed by atoms with Crippen LogP contribution in [0.2, 0.25) is 5.02 Å². The molecule has 1 aliphatic heterocycles. The molecule has 1 aromatic carbocycles. The van der Waals surface area contributed by atoms with Crippen LogP contribution in [0.25, 0.3) is 10.9 Å². The van der Waals surface area contributed by atoms with Crippen molar-refractivity contribution in [3.05, 3.63) is 35.5 Å². The van der Waals surface area contributed by atoms with Crippen LogP contribution in [0.3, 0.4) is 0 Å². The number of hydrogen-bond acceptors (Lipinski definition) is 4. The van der Waals surface area contributed by atoms with Crippen LogP contribution >= 0.6 is 11.6 Å². The van der Waals surface area contributed by atoms with Gasteiger partial charge < -0.3 is 5.11 Å². The Balaban J connectivity index is 2.18. The van der Waals surface area contributed by atoms with E-state index in [2.05, 4.69) is 4.98 Å². The molecule has 8 heteroatoms. The first-order valence-electron chi connectivity index (χ1n) is 6.71. The molecule has 22 heavy (non-hydrogen) atoms. The fourth-order valence-corrected chi connectivity index (χ4v) is 4.74. The Hall–Kier alpha value is -1.70. The van der Waals surface area contributed by atoms with E-state index in [9.17, 15) is 18.3 Å². The summed E-state index contributed by atoms with van der Waals surface area (Å²) >= 11 is 6.08. The zero-order valence-electron chi connectivity index (χ0n) is 11.4. The number of carbonyl (C=O) groups is 1. The molecule has 1 N–H and O–H groups in total. The van der Waals surface area contributed by atoms with E-state index in [4.69, 9.17) is 11.6 Å². The number of aromatic nitrogens is 1. The molecule has 0 spiro atoms. The van der Waals surface area contributed by atoms with Gasteiger partial charge in [-0.1, -0.05) is 23.7 Å². The largest absolute Gasteiger partial charge is 0.480 e. The maximum Gasteiger partial charge on any atom is 0.322 e. The van der Waals surface area contributed by atoms with Crippen molar-refractivity contribution < 1.29 is 18.3 Å². The minimum absolute atomic E-state index is 0.0133. The fraction of sp³-hybridized carbons (Fsp3) is 0.286. The molecule has 0 radical (unpaired) electrons. The van der Waals surface area contributed by atoms with E-state index in [-0.39, 0.29) is 17.0 Å². The summed E-state index contributed by atoms with van der Waals surface area (Å²) in [6.45, 7) is 0.191. The molecule has 2 heterocycles. The topological polar surface area (TPSA) is 87.6 Å². The smallest absolute Gasteiger partial charge is 0.322 e.